The summed E-state index contributed by atoms with van der Waals surface area (Å²) in [6, 6.07) is 13.7. The summed E-state index contributed by atoms with van der Waals surface area (Å²) >= 11 is 0. The molecule has 0 N–H and O–H groups in total. The summed E-state index contributed by atoms with van der Waals surface area (Å²) in [6.45, 7) is 5.47. The first-order valence-electron chi connectivity index (χ1n) is 8.80. The average molecular weight is 340 g/mol. The third-order valence-corrected chi connectivity index (χ3v) is 4.01. The highest BCUT2D eigenvalue weighted by Crippen LogP contribution is 2.27. The molecular formula is C21H28N2O2. The molecule has 0 spiro atoms. The summed E-state index contributed by atoms with van der Waals surface area (Å²) in [7, 11) is 4.15. The summed E-state index contributed by atoms with van der Waals surface area (Å²) in [4.78, 5) is 18.8. The maximum absolute atomic E-state index is 12.1. The fraction of sp³-hybridized carbons (Fsp3) is 0.429. The average Bonchev–Trinajstić information content (AvgIpc) is 2.61. The Kier molecular flexibility index (Phi) is 7.14. The van der Waals surface area contributed by atoms with Gasteiger partial charge in [0.15, 0.2) is 0 Å². The lowest BCUT2D eigenvalue weighted by Gasteiger charge is -2.19. The molecular weight excluding hydrogens is 312 g/mol. The number of hydrogen-bond donors (Lipinski definition) is 0. The van der Waals surface area contributed by atoms with Gasteiger partial charge in [-0.25, -0.2) is 4.79 Å². The Bertz CT molecular complexity index is 651. The van der Waals surface area contributed by atoms with E-state index < -0.39 is 0 Å². The molecule has 0 fully saturated rings. The number of carbonyl (C=O) groups is 1. The van der Waals surface area contributed by atoms with Gasteiger partial charge in [-0.3, -0.25) is 4.98 Å². The van der Waals surface area contributed by atoms with Gasteiger partial charge in [-0.05, 0) is 62.8 Å². The van der Waals surface area contributed by atoms with Crippen molar-refractivity contribution in [2.45, 2.75) is 26.2 Å². The number of rotatable bonds is 8. The van der Waals surface area contributed by atoms with Crippen LogP contribution < -0.4 is 0 Å². The maximum atomic E-state index is 12.1. The summed E-state index contributed by atoms with van der Waals surface area (Å²) in [5, 5.41) is 0. The lowest BCUT2D eigenvalue weighted by atomic mass is 9.91. The zero-order valence-electron chi connectivity index (χ0n) is 15.6. The predicted octanol–water partition coefficient (Wildman–Crippen LogP) is 3.98. The predicted molar refractivity (Wildman–Crippen MR) is 101 cm³/mol. The van der Waals surface area contributed by atoms with Gasteiger partial charge in [-0.1, -0.05) is 32.0 Å². The molecule has 4 nitrogen and oxygen atoms in total. The molecule has 0 aliphatic heterocycles. The van der Waals surface area contributed by atoms with Crippen molar-refractivity contribution < 1.29 is 9.53 Å². The number of esters is 1. The fourth-order valence-corrected chi connectivity index (χ4v) is 2.63. The van der Waals surface area contributed by atoms with E-state index in [1.807, 2.05) is 56.4 Å². The van der Waals surface area contributed by atoms with E-state index in [1.54, 1.807) is 0 Å². The third kappa shape index (κ3) is 5.98. The van der Waals surface area contributed by atoms with Gasteiger partial charge in [0.25, 0.3) is 0 Å². The Labute approximate surface area is 150 Å². The standard InChI is InChI=1S/C21H28N2O2/c1-16(2)15-25-21(24)18-10-8-17(9-11-18)19(12-14-23(3)4)20-7-5-6-13-22-20/h5-11,13,16,19H,12,14-15H2,1-4H3. The van der Waals surface area contributed by atoms with E-state index in [-0.39, 0.29) is 11.9 Å². The molecule has 1 heterocycles. The van der Waals surface area contributed by atoms with Gasteiger partial charge in [-0.15, -0.1) is 0 Å². The van der Waals surface area contributed by atoms with E-state index in [0.29, 0.717) is 18.1 Å². The van der Waals surface area contributed by atoms with Crippen LogP contribution in [0.3, 0.4) is 0 Å². The van der Waals surface area contributed by atoms with Crippen LogP contribution in [0.15, 0.2) is 48.7 Å². The minimum atomic E-state index is -0.261. The van der Waals surface area contributed by atoms with Crippen molar-refractivity contribution >= 4 is 5.97 Å². The molecule has 0 aliphatic rings. The van der Waals surface area contributed by atoms with Crippen molar-refractivity contribution in [3.8, 4) is 0 Å². The largest absolute Gasteiger partial charge is 0.462 e. The van der Waals surface area contributed by atoms with E-state index in [9.17, 15) is 4.79 Å². The first kappa shape index (κ1) is 19.1. The number of pyridine rings is 1. The molecule has 1 aromatic carbocycles. The van der Waals surface area contributed by atoms with Gasteiger partial charge in [-0.2, -0.15) is 0 Å². The minimum absolute atomic E-state index is 0.212. The van der Waals surface area contributed by atoms with Crippen molar-refractivity contribution in [3.63, 3.8) is 0 Å². The van der Waals surface area contributed by atoms with Gasteiger partial charge in [0.05, 0.1) is 12.2 Å². The molecule has 134 valence electrons. The van der Waals surface area contributed by atoms with Crippen molar-refractivity contribution in [3.05, 3.63) is 65.5 Å². The summed E-state index contributed by atoms with van der Waals surface area (Å²) in [5.74, 6) is 0.287. The van der Waals surface area contributed by atoms with Crippen LogP contribution in [-0.2, 0) is 4.74 Å². The Balaban J connectivity index is 2.16. The van der Waals surface area contributed by atoms with Crippen LogP contribution >= 0.6 is 0 Å². The van der Waals surface area contributed by atoms with Gasteiger partial charge < -0.3 is 9.64 Å². The van der Waals surface area contributed by atoms with Crippen LogP contribution in [0.1, 0.15) is 47.8 Å². The number of aromatic nitrogens is 1. The number of benzene rings is 1. The second-order valence-corrected chi connectivity index (χ2v) is 7.01. The highest BCUT2D eigenvalue weighted by molar-refractivity contribution is 5.89. The van der Waals surface area contributed by atoms with Crippen LogP contribution in [0.5, 0.6) is 0 Å². The molecule has 1 atom stereocenters. The highest BCUT2D eigenvalue weighted by atomic mass is 16.5. The summed E-state index contributed by atoms with van der Waals surface area (Å²) in [5.41, 5.74) is 2.82. The van der Waals surface area contributed by atoms with Crippen LogP contribution in [0, 0.1) is 5.92 Å². The van der Waals surface area contributed by atoms with E-state index in [2.05, 4.69) is 30.0 Å². The summed E-state index contributed by atoms with van der Waals surface area (Å²) < 4.78 is 5.30. The number of hydrogen-bond acceptors (Lipinski definition) is 4. The smallest absolute Gasteiger partial charge is 0.338 e. The van der Waals surface area contributed by atoms with Gasteiger partial charge in [0, 0.05) is 17.8 Å². The van der Waals surface area contributed by atoms with E-state index in [0.717, 1.165) is 18.7 Å². The number of carbonyl (C=O) groups excluding carboxylic acids is 1. The lowest BCUT2D eigenvalue weighted by molar-refractivity contribution is 0.0459. The van der Waals surface area contributed by atoms with E-state index >= 15 is 0 Å². The van der Waals surface area contributed by atoms with Crippen LogP contribution in [0.25, 0.3) is 0 Å². The molecule has 0 amide bonds. The molecule has 2 aromatic rings. The lowest BCUT2D eigenvalue weighted by Crippen LogP contribution is -2.17. The SMILES string of the molecule is CC(C)COC(=O)c1ccc(C(CCN(C)C)c2ccccn2)cc1. The molecule has 0 saturated heterocycles. The van der Waals surface area contributed by atoms with Crippen molar-refractivity contribution in [2.24, 2.45) is 5.92 Å². The molecule has 0 aliphatic carbocycles. The first-order valence-corrected chi connectivity index (χ1v) is 8.80. The Morgan fingerprint density at radius 1 is 1.12 bits per heavy atom. The Morgan fingerprint density at radius 2 is 1.84 bits per heavy atom. The normalized spacial score (nSPS) is 12.4. The van der Waals surface area contributed by atoms with Crippen LogP contribution in [0.4, 0.5) is 0 Å². The molecule has 0 radical (unpaired) electrons. The quantitative estimate of drug-likeness (QED) is 0.682. The van der Waals surface area contributed by atoms with E-state index in [1.165, 1.54) is 5.56 Å². The molecule has 2 rings (SSSR count). The summed E-state index contributed by atoms with van der Waals surface area (Å²) in [6.07, 6.45) is 2.80. The zero-order valence-corrected chi connectivity index (χ0v) is 15.6. The molecule has 1 aromatic heterocycles. The third-order valence-electron chi connectivity index (χ3n) is 4.01. The first-order chi connectivity index (χ1) is 12.0. The number of nitrogens with zero attached hydrogens (tertiary/aromatic N) is 2. The topological polar surface area (TPSA) is 42.4 Å². The van der Waals surface area contributed by atoms with Crippen molar-refractivity contribution in [1.29, 1.82) is 0 Å². The monoisotopic (exact) mass is 340 g/mol. The molecule has 25 heavy (non-hydrogen) atoms. The molecule has 0 saturated carbocycles. The maximum Gasteiger partial charge on any atom is 0.338 e. The Morgan fingerprint density at radius 3 is 2.40 bits per heavy atom. The highest BCUT2D eigenvalue weighted by Gasteiger charge is 2.17. The minimum Gasteiger partial charge on any atom is -0.462 e. The zero-order chi connectivity index (χ0) is 18.2. The van der Waals surface area contributed by atoms with Gasteiger partial charge in [0.2, 0.25) is 0 Å². The van der Waals surface area contributed by atoms with Crippen LogP contribution in [0.2, 0.25) is 0 Å². The molecule has 4 heteroatoms. The Hall–Kier alpha value is -2.20. The molecule has 0 bridgehead atoms. The van der Waals surface area contributed by atoms with Gasteiger partial charge >= 0.3 is 5.97 Å². The van der Waals surface area contributed by atoms with Gasteiger partial charge in [0.1, 0.15) is 0 Å². The fourth-order valence-electron chi connectivity index (χ4n) is 2.63. The number of ether oxygens (including phenoxy) is 1. The van der Waals surface area contributed by atoms with Crippen molar-refractivity contribution in [1.82, 2.24) is 9.88 Å². The second-order valence-electron chi connectivity index (χ2n) is 7.01. The molecule has 1 unspecified atom stereocenters. The van der Waals surface area contributed by atoms with Crippen molar-refractivity contribution in [2.75, 3.05) is 27.2 Å². The second kappa shape index (κ2) is 9.33. The van der Waals surface area contributed by atoms with E-state index in [4.69, 9.17) is 4.74 Å². The van der Waals surface area contributed by atoms with Crippen LogP contribution in [-0.4, -0.2) is 43.1 Å².